The van der Waals surface area contributed by atoms with Gasteiger partial charge >= 0.3 is 18.0 Å². The van der Waals surface area contributed by atoms with Gasteiger partial charge in [0.25, 0.3) is 5.69 Å². The molecule has 1 aromatic heterocycles. The molecule has 2 saturated heterocycles. The molecule has 1 spiro atoms. The minimum atomic E-state index is -2.29. The smallest absolute Gasteiger partial charge is 0.421 e. The van der Waals surface area contributed by atoms with Crippen LogP contribution in [0.2, 0.25) is 0 Å². The summed E-state index contributed by atoms with van der Waals surface area (Å²) in [5.41, 5.74) is 1.38. The van der Waals surface area contributed by atoms with Gasteiger partial charge in [0.2, 0.25) is 5.91 Å². The summed E-state index contributed by atoms with van der Waals surface area (Å²) >= 11 is 0. The molecule has 17 heteroatoms. The summed E-state index contributed by atoms with van der Waals surface area (Å²) in [5.74, 6) is 1.23. The standard InChI is InChI=1S/C52H40N6O11/c59-27-28-67-38-17-9-16-36(30-38)47-52(43(48(60)61)45-49(62)69-46(35-14-5-2-6-15-35)44(57(45)47)34-12-3-1-4-13-34)39-29-32(11-10-26-55-42-19-8-7-18-40(42)53-54-55)22-25-41(39)56(50(52)63)51(64)68-31-33-20-23-37(24-21-33)58(65)66/h1-9,12-25,29-30,43-47,59H,26-28,31H2,(H,60,61)/t43-,44-,45-,46+,47+,52-/m1/s1. The van der Waals surface area contributed by atoms with Crippen molar-refractivity contribution in [2.24, 2.45) is 5.92 Å². The maximum absolute atomic E-state index is 16.2. The molecular weight excluding hydrogens is 885 g/mol. The first-order valence-electron chi connectivity index (χ1n) is 21.9. The molecule has 6 atom stereocenters. The molecule has 2 fully saturated rings. The van der Waals surface area contributed by atoms with Gasteiger partial charge < -0.3 is 24.4 Å². The van der Waals surface area contributed by atoms with E-state index in [4.69, 9.17) is 14.2 Å². The zero-order chi connectivity index (χ0) is 47.8. The van der Waals surface area contributed by atoms with Crippen molar-refractivity contribution in [3.8, 4) is 17.6 Å². The number of rotatable bonds is 11. The Hall–Kier alpha value is -8.72. The number of ether oxygens (including phenoxy) is 3. The Bertz CT molecular complexity index is 3210. The maximum atomic E-state index is 16.2. The molecule has 17 nitrogen and oxygen atoms in total. The van der Waals surface area contributed by atoms with Gasteiger partial charge in [-0.3, -0.25) is 29.4 Å². The van der Waals surface area contributed by atoms with Crippen LogP contribution in [0.1, 0.15) is 51.6 Å². The minimum Gasteiger partial charge on any atom is -0.491 e. The minimum absolute atomic E-state index is 0.00506. The maximum Gasteiger partial charge on any atom is 0.421 e. The van der Waals surface area contributed by atoms with Crippen molar-refractivity contribution in [2.45, 2.75) is 42.8 Å². The van der Waals surface area contributed by atoms with E-state index in [0.717, 1.165) is 10.4 Å². The molecule has 0 unspecified atom stereocenters. The quantitative estimate of drug-likeness (QED) is 0.0587. The Balaban J connectivity index is 1.19. The number of esters is 1. The number of cyclic esters (lactones) is 1. The van der Waals surface area contributed by atoms with Crippen LogP contribution in [-0.2, 0) is 42.4 Å². The fourth-order valence-corrected chi connectivity index (χ4v) is 10.1. The van der Waals surface area contributed by atoms with E-state index < -0.39 is 71.0 Å². The monoisotopic (exact) mass is 924 g/mol. The first-order valence-corrected chi connectivity index (χ1v) is 21.9. The molecule has 2 amide bonds. The predicted octanol–water partition coefficient (Wildman–Crippen LogP) is 6.85. The molecule has 3 aliphatic heterocycles. The molecule has 2 N–H and O–H groups in total. The highest BCUT2D eigenvalue weighted by Crippen LogP contribution is 2.66. The van der Waals surface area contributed by atoms with E-state index in [2.05, 4.69) is 22.2 Å². The third-order valence-electron chi connectivity index (χ3n) is 12.8. The normalized spacial score (nSPS) is 21.5. The Kier molecular flexibility index (Phi) is 11.6. The summed E-state index contributed by atoms with van der Waals surface area (Å²) in [7, 11) is 0. The molecule has 6 aromatic carbocycles. The number of hydrogen-bond donors (Lipinski definition) is 2. The highest BCUT2D eigenvalue weighted by Gasteiger charge is 2.76. The highest BCUT2D eigenvalue weighted by molar-refractivity contribution is 6.23. The van der Waals surface area contributed by atoms with Crippen LogP contribution in [0.3, 0.4) is 0 Å². The van der Waals surface area contributed by atoms with E-state index in [1.54, 1.807) is 70.2 Å². The van der Waals surface area contributed by atoms with Crippen molar-refractivity contribution in [1.82, 2.24) is 19.9 Å². The van der Waals surface area contributed by atoms with Gasteiger partial charge in [-0.25, -0.2) is 14.4 Å². The number of benzene rings is 6. The zero-order valence-electron chi connectivity index (χ0n) is 36.4. The Morgan fingerprint density at radius 2 is 1.54 bits per heavy atom. The van der Waals surface area contributed by atoms with E-state index in [1.165, 1.54) is 30.3 Å². The SMILES string of the molecule is O=C1O[C@@H](c2ccccc2)[C@@H](c2ccccc2)N2[C@@H](c3cccc(OCCO)c3)[C@]3(C(=O)N(C(=O)OCc4ccc([N+](=O)[O-])cc4)c4ccc(C#CCn5nnc6ccccc65)cc43)[C@@H](C(=O)O)[C@H]12. The molecule has 0 bridgehead atoms. The summed E-state index contributed by atoms with van der Waals surface area (Å²) in [6, 6.07) is 38.3. The lowest BCUT2D eigenvalue weighted by molar-refractivity contribution is -0.384. The molecule has 344 valence electrons. The fourth-order valence-electron chi connectivity index (χ4n) is 10.1. The van der Waals surface area contributed by atoms with Gasteiger partial charge in [-0.1, -0.05) is 102 Å². The van der Waals surface area contributed by atoms with Crippen LogP contribution in [0.5, 0.6) is 5.75 Å². The van der Waals surface area contributed by atoms with Crippen LogP contribution in [-0.4, -0.2) is 78.2 Å². The number of carbonyl (C=O) groups is 4. The number of carboxylic acids is 1. The number of fused-ring (bicyclic) bond motifs is 4. The van der Waals surface area contributed by atoms with E-state index in [-0.39, 0.29) is 42.4 Å². The van der Waals surface area contributed by atoms with Crippen LogP contribution in [0, 0.1) is 27.9 Å². The second-order valence-corrected chi connectivity index (χ2v) is 16.6. The number of imide groups is 1. The summed E-state index contributed by atoms with van der Waals surface area (Å²) in [6.07, 6.45) is -2.17. The molecule has 3 aliphatic rings. The van der Waals surface area contributed by atoms with Gasteiger partial charge in [0, 0.05) is 17.7 Å². The molecule has 0 saturated carbocycles. The first-order chi connectivity index (χ1) is 33.6. The number of amides is 2. The lowest BCUT2D eigenvalue weighted by Crippen LogP contribution is -2.53. The summed E-state index contributed by atoms with van der Waals surface area (Å²) in [6.45, 7) is -0.686. The molecule has 4 heterocycles. The number of aliphatic carboxylic acids is 1. The van der Waals surface area contributed by atoms with E-state index in [9.17, 15) is 34.7 Å². The third-order valence-corrected chi connectivity index (χ3v) is 12.8. The summed E-state index contributed by atoms with van der Waals surface area (Å²) in [5, 5.41) is 41.2. The van der Waals surface area contributed by atoms with Crippen molar-refractivity contribution in [2.75, 3.05) is 18.1 Å². The van der Waals surface area contributed by atoms with E-state index in [0.29, 0.717) is 33.3 Å². The van der Waals surface area contributed by atoms with Gasteiger partial charge in [-0.2, -0.15) is 0 Å². The van der Waals surface area contributed by atoms with Gasteiger partial charge in [-0.15, -0.1) is 5.10 Å². The van der Waals surface area contributed by atoms with Gasteiger partial charge in [-0.05, 0) is 82.4 Å². The van der Waals surface area contributed by atoms with Gasteiger partial charge in [0.15, 0.2) is 0 Å². The second kappa shape index (κ2) is 18.2. The Morgan fingerprint density at radius 1 is 0.826 bits per heavy atom. The number of aromatic nitrogens is 3. The van der Waals surface area contributed by atoms with Crippen LogP contribution in [0.4, 0.5) is 16.2 Å². The number of carboxylic acid groups (broad SMARTS) is 1. The average molecular weight is 925 g/mol. The Labute approximate surface area is 393 Å². The average Bonchev–Trinajstić information content (AvgIpc) is 4.01. The van der Waals surface area contributed by atoms with Crippen molar-refractivity contribution < 1.29 is 48.5 Å². The third kappa shape index (κ3) is 7.67. The van der Waals surface area contributed by atoms with E-state index >= 15 is 4.79 Å². The number of para-hydroxylation sites is 1. The number of non-ortho nitro benzene ring substituents is 1. The Morgan fingerprint density at radius 3 is 2.26 bits per heavy atom. The number of nitrogens with zero attached hydrogens (tertiary/aromatic N) is 6. The number of nitro groups is 1. The molecule has 0 radical (unpaired) electrons. The number of carbonyl (C=O) groups excluding carboxylic acids is 3. The predicted molar refractivity (Wildman–Crippen MR) is 246 cm³/mol. The number of aliphatic hydroxyl groups excluding tert-OH is 1. The lowest BCUT2D eigenvalue weighted by atomic mass is 9.65. The van der Waals surface area contributed by atoms with Crippen LogP contribution < -0.4 is 9.64 Å². The summed E-state index contributed by atoms with van der Waals surface area (Å²) in [4.78, 5) is 73.5. The topological polar surface area (TPSA) is 217 Å². The van der Waals surface area contributed by atoms with Crippen molar-refractivity contribution in [3.63, 3.8) is 0 Å². The number of aliphatic hydroxyl groups is 1. The number of anilines is 1. The zero-order valence-corrected chi connectivity index (χ0v) is 36.4. The second-order valence-electron chi connectivity index (χ2n) is 16.6. The van der Waals surface area contributed by atoms with Crippen LogP contribution in [0.25, 0.3) is 11.0 Å². The van der Waals surface area contributed by atoms with Gasteiger partial charge in [0.1, 0.15) is 54.5 Å². The molecule has 10 rings (SSSR count). The first kappa shape index (κ1) is 44.1. The number of nitro benzene ring substituents is 1. The van der Waals surface area contributed by atoms with Crippen molar-refractivity contribution in [1.29, 1.82) is 0 Å². The fraction of sp³-hybridized carbons (Fsp3) is 0.192. The van der Waals surface area contributed by atoms with Crippen molar-refractivity contribution in [3.05, 3.63) is 195 Å². The van der Waals surface area contributed by atoms with Crippen molar-refractivity contribution >= 4 is 46.3 Å². The van der Waals surface area contributed by atoms with E-state index in [1.807, 2.05) is 60.7 Å². The molecule has 69 heavy (non-hydrogen) atoms. The summed E-state index contributed by atoms with van der Waals surface area (Å²) < 4.78 is 19.7. The number of morpholine rings is 1. The van der Waals surface area contributed by atoms with Crippen LogP contribution in [0.15, 0.2) is 152 Å². The largest absolute Gasteiger partial charge is 0.491 e. The molecule has 7 aromatic rings. The molecular formula is C52H40N6O11. The van der Waals surface area contributed by atoms with Crippen LogP contribution >= 0.6 is 0 Å². The number of hydrogen-bond acceptors (Lipinski definition) is 13. The lowest BCUT2D eigenvalue weighted by Gasteiger charge is -2.46. The molecule has 0 aliphatic carbocycles. The highest BCUT2D eigenvalue weighted by atomic mass is 16.6. The van der Waals surface area contributed by atoms with Gasteiger partial charge in [0.05, 0.1) is 34.8 Å².